The summed E-state index contributed by atoms with van der Waals surface area (Å²) in [5.41, 5.74) is 6.65. The normalized spacial score (nSPS) is 11.9. The molecule has 5 aromatic heterocycles. The summed E-state index contributed by atoms with van der Waals surface area (Å²) >= 11 is 1.89. The highest BCUT2D eigenvalue weighted by Gasteiger charge is 2.22. The quantitative estimate of drug-likeness (QED) is 0.188. The maximum absolute atomic E-state index is 5.08. The smallest absolute Gasteiger partial charge is 0.0915 e. The van der Waals surface area contributed by atoms with Crippen molar-refractivity contribution in [2.45, 2.75) is 0 Å². The number of nitrogens with zero attached hydrogens (tertiary/aromatic N) is 4. The number of fused-ring (bicyclic) bond motifs is 12. The molecule has 0 saturated carbocycles. The summed E-state index contributed by atoms with van der Waals surface area (Å²) in [6, 6.07) is 47.3. The molecule has 4 nitrogen and oxygen atoms in total. The Hall–Kier alpha value is -5.91. The molecule has 5 heterocycles. The van der Waals surface area contributed by atoms with E-state index in [0.29, 0.717) is 0 Å². The molecule has 0 amide bonds. The summed E-state index contributed by atoms with van der Waals surface area (Å²) < 4.78 is 5.03. The van der Waals surface area contributed by atoms with Crippen molar-refractivity contribution in [2.75, 3.05) is 0 Å². The van der Waals surface area contributed by atoms with Crippen molar-refractivity contribution in [1.29, 1.82) is 0 Å². The van der Waals surface area contributed by atoms with E-state index in [1.165, 1.54) is 58.0 Å². The van der Waals surface area contributed by atoms with Crippen molar-refractivity contribution in [3.8, 4) is 28.5 Å². The zero-order chi connectivity index (χ0) is 30.2. The molecule has 0 aliphatic carbocycles. The first-order chi connectivity index (χ1) is 22.8. The number of para-hydroxylation sites is 1. The molecule has 0 fully saturated rings. The van der Waals surface area contributed by atoms with Crippen molar-refractivity contribution >= 4 is 74.9 Å². The van der Waals surface area contributed by atoms with Crippen LogP contribution in [-0.2, 0) is 0 Å². The first-order valence-corrected chi connectivity index (χ1v) is 16.2. The SMILES string of the molecule is c1ccc(-c2cc(-n3c4ccccc4c4ccc5sc6c7ccccc7c7ccccc7c6c5c43)cc(-c3ccccn3)n2)nc1. The lowest BCUT2D eigenvalue weighted by Crippen LogP contribution is -1.99. The first-order valence-electron chi connectivity index (χ1n) is 15.4. The van der Waals surface area contributed by atoms with Crippen LogP contribution < -0.4 is 0 Å². The summed E-state index contributed by atoms with van der Waals surface area (Å²) in [6.45, 7) is 0. The third-order valence-electron chi connectivity index (χ3n) is 9.07. The van der Waals surface area contributed by atoms with Gasteiger partial charge in [0.05, 0.1) is 39.5 Å². The highest BCUT2D eigenvalue weighted by Crippen LogP contribution is 2.48. The van der Waals surface area contributed by atoms with Crippen molar-refractivity contribution in [3.05, 3.63) is 146 Å². The lowest BCUT2D eigenvalue weighted by Gasteiger charge is -2.13. The summed E-state index contributed by atoms with van der Waals surface area (Å²) in [5.74, 6) is 0. The van der Waals surface area contributed by atoms with Gasteiger partial charge in [-0.05, 0) is 64.7 Å². The first kappa shape index (κ1) is 25.4. The molecule has 0 bridgehead atoms. The van der Waals surface area contributed by atoms with Crippen LogP contribution in [0, 0.1) is 0 Å². The third kappa shape index (κ3) is 3.63. The van der Waals surface area contributed by atoms with Crippen molar-refractivity contribution in [1.82, 2.24) is 19.5 Å². The Balaban J connectivity index is 1.42. The Morgan fingerprint density at radius 2 is 1.04 bits per heavy atom. The van der Waals surface area contributed by atoms with Gasteiger partial charge in [0.1, 0.15) is 0 Å². The largest absolute Gasteiger partial charge is 0.308 e. The zero-order valence-electron chi connectivity index (χ0n) is 24.6. The highest BCUT2D eigenvalue weighted by atomic mass is 32.1. The maximum atomic E-state index is 5.08. The molecule has 0 unspecified atom stereocenters. The van der Waals surface area contributed by atoms with Gasteiger partial charge in [-0.1, -0.05) is 84.9 Å². The predicted octanol–water partition coefficient (Wildman–Crippen LogP) is 11.0. The number of rotatable bonds is 3. The van der Waals surface area contributed by atoms with Crippen molar-refractivity contribution < 1.29 is 0 Å². The molecule has 0 spiro atoms. The van der Waals surface area contributed by atoms with Crippen LogP contribution in [0.4, 0.5) is 0 Å². The minimum atomic E-state index is 0.809. The van der Waals surface area contributed by atoms with Crippen molar-refractivity contribution in [3.63, 3.8) is 0 Å². The van der Waals surface area contributed by atoms with Gasteiger partial charge < -0.3 is 4.57 Å². The van der Waals surface area contributed by atoms with Gasteiger partial charge in [-0.3, -0.25) is 9.97 Å². The average molecular weight is 605 g/mol. The Bertz CT molecular complexity index is 2740. The zero-order valence-corrected chi connectivity index (χ0v) is 25.4. The summed E-state index contributed by atoms with van der Waals surface area (Å²) in [5, 5.41) is 10.2. The molecule has 0 saturated heterocycles. The molecule has 0 atom stereocenters. The van der Waals surface area contributed by atoms with Gasteiger partial charge in [0, 0.05) is 48.7 Å². The highest BCUT2D eigenvalue weighted by molar-refractivity contribution is 7.27. The van der Waals surface area contributed by atoms with E-state index in [1.807, 2.05) is 60.1 Å². The van der Waals surface area contributed by atoms with E-state index in [-0.39, 0.29) is 0 Å². The molecule has 46 heavy (non-hydrogen) atoms. The molecule has 10 rings (SSSR count). The Morgan fingerprint density at radius 3 is 1.72 bits per heavy atom. The minimum absolute atomic E-state index is 0.809. The van der Waals surface area contributed by atoms with Crippen LogP contribution in [0.1, 0.15) is 0 Å². The van der Waals surface area contributed by atoms with Crippen LogP contribution in [0.15, 0.2) is 146 Å². The standard InChI is InChI=1S/C41H24N4S/c1-3-14-29-26(11-1)27-12-2-4-15-31(27)41-38(29)39-37(46-41)20-19-30-28-13-5-6-18-36(28)45(40(30)39)25-23-34(32-16-7-9-21-42-32)44-35(24-25)33-17-8-10-22-43-33/h1-24H. The second-order valence-electron chi connectivity index (χ2n) is 11.6. The Morgan fingerprint density at radius 1 is 0.457 bits per heavy atom. The second-order valence-corrected chi connectivity index (χ2v) is 12.7. The van der Waals surface area contributed by atoms with Gasteiger partial charge >= 0.3 is 0 Å². The van der Waals surface area contributed by atoms with Crippen LogP contribution in [0.25, 0.3) is 92.0 Å². The number of aromatic nitrogens is 4. The van der Waals surface area contributed by atoms with E-state index in [0.717, 1.165) is 34.0 Å². The number of thiophene rings is 1. The number of hydrogen-bond donors (Lipinski definition) is 0. The van der Waals surface area contributed by atoms with Gasteiger partial charge in [0.15, 0.2) is 0 Å². The lowest BCUT2D eigenvalue weighted by atomic mass is 9.96. The molecule has 5 aromatic carbocycles. The molecule has 0 N–H and O–H groups in total. The predicted molar refractivity (Wildman–Crippen MR) is 193 cm³/mol. The average Bonchev–Trinajstić information content (AvgIpc) is 3.69. The second kappa shape index (κ2) is 9.80. The number of hydrogen-bond acceptors (Lipinski definition) is 4. The third-order valence-corrected chi connectivity index (χ3v) is 10.3. The summed E-state index contributed by atoms with van der Waals surface area (Å²) in [6.07, 6.45) is 3.64. The lowest BCUT2D eigenvalue weighted by molar-refractivity contribution is 1.15. The minimum Gasteiger partial charge on any atom is -0.308 e. The monoisotopic (exact) mass is 604 g/mol. The molecule has 0 aliphatic rings. The molecule has 214 valence electrons. The molecular weight excluding hydrogens is 581 g/mol. The van der Waals surface area contributed by atoms with Crippen molar-refractivity contribution in [2.24, 2.45) is 0 Å². The maximum Gasteiger partial charge on any atom is 0.0915 e. The molecule has 10 aromatic rings. The molecule has 5 heteroatoms. The van der Waals surface area contributed by atoms with E-state index in [1.54, 1.807) is 0 Å². The Kier molecular flexibility index (Phi) is 5.41. The number of pyridine rings is 3. The van der Waals surface area contributed by atoms with E-state index < -0.39 is 0 Å². The molecule has 0 radical (unpaired) electrons. The molecular formula is C41H24N4S. The van der Waals surface area contributed by atoms with Gasteiger partial charge in [-0.15, -0.1) is 11.3 Å². The molecule has 0 aliphatic heterocycles. The van der Waals surface area contributed by atoms with Crippen LogP contribution in [0.3, 0.4) is 0 Å². The topological polar surface area (TPSA) is 43.6 Å². The van der Waals surface area contributed by atoms with Crippen LogP contribution >= 0.6 is 11.3 Å². The Labute approximate surface area is 267 Å². The number of benzene rings is 5. The van der Waals surface area contributed by atoms with Crippen LogP contribution in [-0.4, -0.2) is 19.5 Å². The van der Waals surface area contributed by atoms with E-state index in [4.69, 9.17) is 4.98 Å². The fourth-order valence-electron chi connectivity index (χ4n) is 7.14. The summed E-state index contributed by atoms with van der Waals surface area (Å²) in [7, 11) is 0. The van der Waals surface area contributed by atoms with Gasteiger partial charge in [-0.2, -0.15) is 0 Å². The fourth-order valence-corrected chi connectivity index (χ4v) is 8.40. The van der Waals surface area contributed by atoms with E-state index in [9.17, 15) is 0 Å². The van der Waals surface area contributed by atoms with E-state index >= 15 is 0 Å². The summed E-state index contributed by atoms with van der Waals surface area (Å²) in [4.78, 5) is 14.5. The van der Waals surface area contributed by atoms with Gasteiger partial charge in [0.2, 0.25) is 0 Å². The van der Waals surface area contributed by atoms with Crippen LogP contribution in [0.2, 0.25) is 0 Å². The van der Waals surface area contributed by atoms with Crippen LogP contribution in [0.5, 0.6) is 0 Å². The fraction of sp³-hybridized carbons (Fsp3) is 0. The van der Waals surface area contributed by atoms with Gasteiger partial charge in [-0.25, -0.2) is 4.98 Å². The van der Waals surface area contributed by atoms with E-state index in [2.05, 4.69) is 112 Å². The van der Waals surface area contributed by atoms with Gasteiger partial charge in [0.25, 0.3) is 0 Å².